The van der Waals surface area contributed by atoms with Crippen molar-refractivity contribution in [3.05, 3.63) is 105 Å². The summed E-state index contributed by atoms with van der Waals surface area (Å²) in [5.74, 6) is 0. The number of halogens is 5. The predicted octanol–water partition coefficient (Wildman–Crippen LogP) is 8.74. The normalized spacial score (nSPS) is 19.5. The third-order valence-electron chi connectivity index (χ3n) is 6.90. The standard InChI is InChI=1S/C29H32IN2.BF4/c1-28(2)22-15-7-9-17-24(22)31(5)26(28)19-11-13-21(30)14-12-20-27-29(3,4)23-16-8-10-18-25(23)32(27)6;2-1(3,4)5/h7-20H,1-6H3;/q+1;-1. The molecule has 0 unspecified atom stereocenters. The fraction of sp³-hybridized carbons (Fsp3) is 0.276. The van der Waals surface area contributed by atoms with Gasteiger partial charge in [0.2, 0.25) is 5.69 Å². The van der Waals surface area contributed by atoms with Gasteiger partial charge in [0, 0.05) is 45.1 Å². The largest absolute Gasteiger partial charge is 0.673 e. The topological polar surface area (TPSA) is 6.25 Å². The van der Waals surface area contributed by atoms with Crippen LogP contribution in [0.25, 0.3) is 0 Å². The van der Waals surface area contributed by atoms with Crippen LogP contribution in [0.2, 0.25) is 0 Å². The SMILES string of the molecule is CN1/C(=C/C=C/C(I)=C/C=C/C2=[N+](C)c3ccccc3C2(C)C)C(C)(C)c2ccccc21.F[B-](F)(F)F. The number of likely N-dealkylation sites (N-methyl/N-ethyl adjacent to an activating group) is 1. The Hall–Kier alpha value is -2.62. The molecule has 8 heteroatoms. The molecule has 2 aromatic carbocycles. The van der Waals surface area contributed by atoms with E-state index in [4.69, 9.17) is 0 Å². The Bertz CT molecular complexity index is 1310. The van der Waals surface area contributed by atoms with Gasteiger partial charge in [0.1, 0.15) is 7.05 Å². The van der Waals surface area contributed by atoms with E-state index in [1.165, 1.54) is 37.5 Å². The molecule has 2 aliphatic rings. The zero-order valence-electron chi connectivity index (χ0n) is 21.9. The Morgan fingerprint density at radius 2 is 1.46 bits per heavy atom. The summed E-state index contributed by atoms with van der Waals surface area (Å²) in [6.45, 7) is 9.20. The van der Waals surface area contributed by atoms with Gasteiger partial charge in [0.25, 0.3) is 0 Å². The second-order valence-corrected chi connectivity index (χ2v) is 11.3. The molecule has 2 aliphatic heterocycles. The minimum atomic E-state index is -6.00. The summed E-state index contributed by atoms with van der Waals surface area (Å²) in [6.07, 6.45) is 13.2. The van der Waals surface area contributed by atoms with E-state index in [2.05, 4.69) is 159 Å². The van der Waals surface area contributed by atoms with Crippen LogP contribution in [0.5, 0.6) is 0 Å². The molecule has 0 saturated carbocycles. The fourth-order valence-electron chi connectivity index (χ4n) is 5.12. The molecular formula is C29H32BF4IN2. The lowest BCUT2D eigenvalue weighted by atomic mass is 9.81. The molecule has 2 heterocycles. The van der Waals surface area contributed by atoms with Gasteiger partial charge in [-0.1, -0.05) is 62.4 Å². The lowest BCUT2D eigenvalue weighted by Crippen LogP contribution is -2.26. The van der Waals surface area contributed by atoms with Crippen molar-refractivity contribution in [1.29, 1.82) is 0 Å². The molecule has 4 rings (SSSR count). The Kier molecular flexibility index (Phi) is 8.62. The number of hydrogen-bond acceptors (Lipinski definition) is 1. The van der Waals surface area contributed by atoms with Gasteiger partial charge in [-0.2, -0.15) is 4.58 Å². The van der Waals surface area contributed by atoms with Crippen LogP contribution in [0.15, 0.2) is 94.3 Å². The molecule has 0 saturated heterocycles. The highest BCUT2D eigenvalue weighted by atomic mass is 127. The predicted molar refractivity (Wildman–Crippen MR) is 157 cm³/mol. The number of hydrogen-bond donors (Lipinski definition) is 0. The molecule has 0 fully saturated rings. The first-order chi connectivity index (χ1) is 17.2. The number of para-hydroxylation sites is 2. The number of allylic oxidation sites excluding steroid dienone is 8. The molecule has 0 spiro atoms. The summed E-state index contributed by atoms with van der Waals surface area (Å²) in [5, 5.41) is 0. The number of anilines is 1. The van der Waals surface area contributed by atoms with Crippen LogP contribution in [-0.2, 0) is 10.8 Å². The molecule has 2 nitrogen and oxygen atoms in total. The Morgan fingerprint density at radius 1 is 0.892 bits per heavy atom. The molecule has 37 heavy (non-hydrogen) atoms. The molecule has 0 aromatic heterocycles. The molecule has 0 atom stereocenters. The zero-order chi connectivity index (χ0) is 27.6. The van der Waals surface area contributed by atoms with Crippen molar-refractivity contribution in [2.45, 2.75) is 38.5 Å². The molecular weight excluding hydrogens is 590 g/mol. The monoisotopic (exact) mass is 622 g/mol. The smallest absolute Gasteiger partial charge is 0.418 e. The van der Waals surface area contributed by atoms with Crippen molar-refractivity contribution in [2.24, 2.45) is 0 Å². The molecule has 196 valence electrons. The van der Waals surface area contributed by atoms with Crippen molar-refractivity contribution in [3.8, 4) is 0 Å². The van der Waals surface area contributed by atoms with Crippen molar-refractivity contribution < 1.29 is 21.8 Å². The summed E-state index contributed by atoms with van der Waals surface area (Å²) < 4.78 is 42.5. The summed E-state index contributed by atoms with van der Waals surface area (Å²) >= 11 is 2.40. The quantitative estimate of drug-likeness (QED) is 0.109. The molecule has 0 radical (unpaired) electrons. The van der Waals surface area contributed by atoms with Gasteiger partial charge < -0.3 is 22.2 Å². The van der Waals surface area contributed by atoms with E-state index >= 15 is 0 Å². The van der Waals surface area contributed by atoms with E-state index in [0.29, 0.717) is 0 Å². The lowest BCUT2D eigenvalue weighted by Gasteiger charge is -2.23. The van der Waals surface area contributed by atoms with Crippen LogP contribution >= 0.6 is 22.6 Å². The Morgan fingerprint density at radius 3 is 2.05 bits per heavy atom. The molecule has 0 N–H and O–H groups in total. The summed E-state index contributed by atoms with van der Waals surface area (Å²) in [4.78, 5) is 2.31. The maximum atomic E-state index is 9.75. The van der Waals surface area contributed by atoms with Crippen molar-refractivity contribution in [3.63, 3.8) is 0 Å². The fourth-order valence-corrected chi connectivity index (χ4v) is 5.54. The number of benzene rings is 2. The lowest BCUT2D eigenvalue weighted by molar-refractivity contribution is -0.401. The second kappa shape index (κ2) is 11.0. The number of nitrogens with zero attached hydrogens (tertiary/aromatic N) is 2. The summed E-state index contributed by atoms with van der Waals surface area (Å²) in [7, 11) is -1.68. The third kappa shape index (κ3) is 6.45. The first kappa shape index (κ1) is 28.9. The highest BCUT2D eigenvalue weighted by molar-refractivity contribution is 14.1. The Labute approximate surface area is 231 Å². The van der Waals surface area contributed by atoms with Gasteiger partial charge in [-0.3, -0.25) is 0 Å². The first-order valence-electron chi connectivity index (χ1n) is 12.0. The van der Waals surface area contributed by atoms with Crippen LogP contribution in [-0.4, -0.2) is 31.6 Å². The highest BCUT2D eigenvalue weighted by Crippen LogP contribution is 2.46. The second-order valence-electron chi connectivity index (χ2n) is 10.1. The Balaban J connectivity index is 0.000000695. The van der Waals surface area contributed by atoms with Gasteiger partial charge >= 0.3 is 7.25 Å². The summed E-state index contributed by atoms with van der Waals surface area (Å²) in [5.41, 5.74) is 8.02. The van der Waals surface area contributed by atoms with Gasteiger partial charge in [-0.15, -0.1) is 0 Å². The first-order valence-corrected chi connectivity index (χ1v) is 13.1. The van der Waals surface area contributed by atoms with Crippen LogP contribution < -0.4 is 4.90 Å². The maximum Gasteiger partial charge on any atom is 0.673 e. The van der Waals surface area contributed by atoms with E-state index in [1.54, 1.807) is 0 Å². The van der Waals surface area contributed by atoms with Gasteiger partial charge in [0.15, 0.2) is 5.71 Å². The van der Waals surface area contributed by atoms with Gasteiger partial charge in [0.05, 0.1) is 5.41 Å². The molecule has 0 amide bonds. The van der Waals surface area contributed by atoms with Crippen molar-refractivity contribution in [2.75, 3.05) is 19.0 Å². The number of fused-ring (bicyclic) bond motifs is 2. The van der Waals surface area contributed by atoms with Crippen LogP contribution in [0, 0.1) is 0 Å². The zero-order valence-corrected chi connectivity index (χ0v) is 24.1. The maximum absolute atomic E-state index is 9.75. The molecule has 0 bridgehead atoms. The average molecular weight is 622 g/mol. The van der Waals surface area contributed by atoms with Crippen LogP contribution in [0.3, 0.4) is 0 Å². The average Bonchev–Trinajstić information content (AvgIpc) is 3.12. The molecule has 0 aliphatic carbocycles. The van der Waals surface area contributed by atoms with E-state index < -0.39 is 7.25 Å². The van der Waals surface area contributed by atoms with E-state index in [-0.39, 0.29) is 10.8 Å². The van der Waals surface area contributed by atoms with Crippen LogP contribution in [0.4, 0.5) is 28.6 Å². The minimum Gasteiger partial charge on any atom is -0.418 e. The van der Waals surface area contributed by atoms with Gasteiger partial charge in [-0.25, -0.2) is 0 Å². The van der Waals surface area contributed by atoms with Crippen molar-refractivity contribution in [1.82, 2.24) is 0 Å². The molecule has 2 aromatic rings. The van der Waals surface area contributed by atoms with Crippen molar-refractivity contribution >= 4 is 46.9 Å². The highest BCUT2D eigenvalue weighted by Gasteiger charge is 2.42. The van der Waals surface area contributed by atoms with Gasteiger partial charge in [-0.05, 0) is 66.3 Å². The minimum absolute atomic E-state index is 0.00895. The number of rotatable bonds is 4. The van der Waals surface area contributed by atoms with E-state index in [9.17, 15) is 17.3 Å². The van der Waals surface area contributed by atoms with Crippen LogP contribution in [0.1, 0.15) is 38.8 Å². The third-order valence-corrected chi connectivity index (χ3v) is 7.62. The summed E-state index contributed by atoms with van der Waals surface area (Å²) in [6, 6.07) is 17.4. The van der Waals surface area contributed by atoms with E-state index in [1.807, 2.05) is 0 Å². The van der Waals surface area contributed by atoms with E-state index in [0.717, 1.165) is 0 Å².